The maximum absolute atomic E-state index is 13.0. The van der Waals surface area contributed by atoms with E-state index >= 15 is 0 Å². The van der Waals surface area contributed by atoms with E-state index in [0.29, 0.717) is 30.4 Å². The predicted octanol–water partition coefficient (Wildman–Crippen LogP) is 3.43. The molecule has 0 radical (unpaired) electrons. The highest BCUT2D eigenvalue weighted by atomic mass is 19.1. The highest BCUT2D eigenvalue weighted by Crippen LogP contribution is 2.28. The molecule has 1 fully saturated rings. The van der Waals surface area contributed by atoms with Crippen molar-refractivity contribution in [3.05, 3.63) is 65.7 Å². The van der Waals surface area contributed by atoms with Crippen molar-refractivity contribution in [1.29, 1.82) is 0 Å². The third-order valence-corrected chi connectivity index (χ3v) is 4.55. The molecule has 1 atom stereocenters. The zero-order valence-corrected chi connectivity index (χ0v) is 14.3. The van der Waals surface area contributed by atoms with Crippen LogP contribution in [0.15, 0.2) is 47.1 Å². The molecule has 0 unspecified atom stereocenters. The lowest BCUT2D eigenvalue weighted by molar-refractivity contribution is 0.0697. The Morgan fingerprint density at radius 1 is 1.11 bits per heavy atom. The highest BCUT2D eigenvalue weighted by Gasteiger charge is 2.29. The summed E-state index contributed by atoms with van der Waals surface area (Å²) in [5.74, 6) is -0.312. The average Bonchev–Trinajstić information content (AvgIpc) is 3.19. The normalized spacial score (nSPS) is 17.1. The Morgan fingerprint density at radius 2 is 1.89 bits per heavy atom. The Bertz CT molecular complexity index is 941. The molecule has 3 heterocycles. The molecule has 4 rings (SSSR count). The summed E-state index contributed by atoms with van der Waals surface area (Å²) in [5, 5.41) is 4.03. The maximum atomic E-state index is 13.0. The minimum Gasteiger partial charge on any atom is -0.337 e. The highest BCUT2D eigenvalue weighted by molar-refractivity contribution is 5.92. The first-order valence-corrected chi connectivity index (χ1v) is 8.60. The number of hydrogen-bond acceptors (Lipinski definition) is 5. The van der Waals surface area contributed by atoms with Crippen LogP contribution < -0.4 is 0 Å². The third kappa shape index (κ3) is 3.69. The average molecular weight is 370 g/mol. The van der Waals surface area contributed by atoms with Crippen molar-refractivity contribution in [3.63, 3.8) is 0 Å². The lowest BCUT2D eigenvalue weighted by Gasteiger charge is -2.31. The summed E-state index contributed by atoms with van der Waals surface area (Å²) in [6, 6.07) is 8.40. The molecule has 1 aromatic carbocycles. The van der Waals surface area contributed by atoms with E-state index in [0.717, 1.165) is 19.0 Å². The molecule has 0 saturated carbocycles. The number of halogens is 2. The SMILES string of the molecule is O=C(c1ccc(F)cn1)N1CCC[C@H](c2noc(-c3ccc(F)cc3)n2)C1. The number of nitrogens with zero attached hydrogens (tertiary/aromatic N) is 4. The van der Waals surface area contributed by atoms with Crippen LogP contribution in [0.25, 0.3) is 11.5 Å². The van der Waals surface area contributed by atoms with Crippen molar-refractivity contribution >= 4 is 5.91 Å². The van der Waals surface area contributed by atoms with E-state index in [4.69, 9.17) is 4.52 Å². The molecular weight excluding hydrogens is 354 g/mol. The van der Waals surface area contributed by atoms with E-state index in [1.54, 1.807) is 17.0 Å². The largest absolute Gasteiger partial charge is 0.337 e. The molecule has 0 N–H and O–H groups in total. The van der Waals surface area contributed by atoms with Crippen molar-refractivity contribution < 1.29 is 18.1 Å². The van der Waals surface area contributed by atoms with Gasteiger partial charge in [0, 0.05) is 24.6 Å². The first-order valence-electron chi connectivity index (χ1n) is 8.60. The molecule has 3 aromatic rings. The van der Waals surface area contributed by atoms with Crippen LogP contribution in [0.4, 0.5) is 8.78 Å². The maximum Gasteiger partial charge on any atom is 0.272 e. The minimum absolute atomic E-state index is 0.0684. The van der Waals surface area contributed by atoms with Gasteiger partial charge >= 0.3 is 0 Å². The fraction of sp³-hybridized carbons (Fsp3) is 0.263. The van der Waals surface area contributed by atoms with Crippen LogP contribution in [0.1, 0.15) is 35.1 Å². The molecule has 8 heteroatoms. The van der Waals surface area contributed by atoms with Crippen LogP contribution in [0.3, 0.4) is 0 Å². The van der Waals surface area contributed by atoms with E-state index in [2.05, 4.69) is 15.1 Å². The van der Waals surface area contributed by atoms with Gasteiger partial charge < -0.3 is 9.42 Å². The molecule has 138 valence electrons. The van der Waals surface area contributed by atoms with Crippen molar-refractivity contribution in [2.75, 3.05) is 13.1 Å². The molecule has 1 aliphatic rings. The molecule has 27 heavy (non-hydrogen) atoms. The first-order chi connectivity index (χ1) is 13.1. The van der Waals surface area contributed by atoms with E-state index < -0.39 is 5.82 Å². The van der Waals surface area contributed by atoms with Crippen molar-refractivity contribution in [2.24, 2.45) is 0 Å². The fourth-order valence-corrected chi connectivity index (χ4v) is 3.15. The van der Waals surface area contributed by atoms with Gasteiger partial charge in [-0.15, -0.1) is 0 Å². The number of carbonyl (C=O) groups excluding carboxylic acids is 1. The molecular formula is C19H16F2N4O2. The van der Waals surface area contributed by atoms with Gasteiger partial charge in [0.1, 0.15) is 17.3 Å². The van der Waals surface area contributed by atoms with Crippen molar-refractivity contribution in [3.8, 4) is 11.5 Å². The van der Waals surface area contributed by atoms with Crippen LogP contribution in [0, 0.1) is 11.6 Å². The summed E-state index contributed by atoms with van der Waals surface area (Å²) in [7, 11) is 0. The van der Waals surface area contributed by atoms with Gasteiger partial charge in [-0.05, 0) is 49.2 Å². The Balaban J connectivity index is 1.49. The lowest BCUT2D eigenvalue weighted by Crippen LogP contribution is -2.39. The van der Waals surface area contributed by atoms with E-state index in [1.807, 2.05) is 0 Å². The number of aromatic nitrogens is 3. The van der Waals surface area contributed by atoms with Gasteiger partial charge in [-0.25, -0.2) is 13.8 Å². The van der Waals surface area contributed by atoms with Crippen LogP contribution in [-0.2, 0) is 0 Å². The monoisotopic (exact) mass is 370 g/mol. The Labute approximate surface area is 153 Å². The van der Waals surface area contributed by atoms with Crippen molar-refractivity contribution in [2.45, 2.75) is 18.8 Å². The second kappa shape index (κ2) is 7.22. The number of carbonyl (C=O) groups is 1. The van der Waals surface area contributed by atoms with Crippen LogP contribution in [0.5, 0.6) is 0 Å². The molecule has 2 aromatic heterocycles. The Kier molecular flexibility index (Phi) is 4.62. The second-order valence-corrected chi connectivity index (χ2v) is 6.42. The zero-order chi connectivity index (χ0) is 18.8. The van der Waals surface area contributed by atoms with Gasteiger partial charge in [0.05, 0.1) is 6.20 Å². The lowest BCUT2D eigenvalue weighted by atomic mass is 9.97. The van der Waals surface area contributed by atoms with E-state index in [1.165, 1.54) is 24.3 Å². The Morgan fingerprint density at radius 3 is 2.63 bits per heavy atom. The number of hydrogen-bond donors (Lipinski definition) is 0. The summed E-state index contributed by atoms with van der Waals surface area (Å²) < 4.78 is 31.4. The van der Waals surface area contributed by atoms with Crippen LogP contribution >= 0.6 is 0 Å². The standard InChI is InChI=1S/C19H16F2N4O2/c20-14-5-3-12(4-6-14)18-23-17(24-27-18)13-2-1-9-25(11-13)19(26)16-8-7-15(21)10-22-16/h3-8,10,13H,1-2,9,11H2/t13-/m0/s1. The molecule has 1 amide bonds. The van der Waals surface area contributed by atoms with Gasteiger partial charge in [-0.2, -0.15) is 4.98 Å². The minimum atomic E-state index is -0.483. The molecule has 6 nitrogen and oxygen atoms in total. The molecule has 0 aliphatic carbocycles. The van der Waals surface area contributed by atoms with Crippen LogP contribution in [-0.4, -0.2) is 39.0 Å². The molecule has 1 saturated heterocycles. The van der Waals surface area contributed by atoms with Crippen LogP contribution in [0.2, 0.25) is 0 Å². The number of rotatable bonds is 3. The van der Waals surface area contributed by atoms with Gasteiger partial charge in [-0.3, -0.25) is 4.79 Å². The third-order valence-electron chi connectivity index (χ3n) is 4.55. The molecule has 1 aliphatic heterocycles. The Hall–Kier alpha value is -3.16. The predicted molar refractivity (Wildman–Crippen MR) is 91.8 cm³/mol. The van der Waals surface area contributed by atoms with E-state index in [9.17, 15) is 13.6 Å². The molecule has 0 bridgehead atoms. The summed E-state index contributed by atoms with van der Waals surface area (Å²) in [4.78, 5) is 22.5. The zero-order valence-electron chi connectivity index (χ0n) is 14.3. The van der Waals surface area contributed by atoms with Gasteiger partial charge in [0.25, 0.3) is 11.8 Å². The summed E-state index contributed by atoms with van der Waals surface area (Å²) in [5.41, 5.74) is 0.839. The number of pyridine rings is 1. The van der Waals surface area contributed by atoms with Gasteiger partial charge in [-0.1, -0.05) is 5.16 Å². The van der Waals surface area contributed by atoms with Gasteiger partial charge in [0.2, 0.25) is 0 Å². The van der Waals surface area contributed by atoms with Crippen molar-refractivity contribution in [1.82, 2.24) is 20.0 Å². The van der Waals surface area contributed by atoms with E-state index in [-0.39, 0.29) is 23.3 Å². The summed E-state index contributed by atoms with van der Waals surface area (Å²) in [6.07, 6.45) is 2.64. The fourth-order valence-electron chi connectivity index (χ4n) is 3.15. The topological polar surface area (TPSA) is 72.1 Å². The molecule has 0 spiro atoms. The number of benzene rings is 1. The second-order valence-electron chi connectivity index (χ2n) is 6.42. The summed E-state index contributed by atoms with van der Waals surface area (Å²) >= 11 is 0. The number of piperidine rings is 1. The smallest absolute Gasteiger partial charge is 0.272 e. The quantitative estimate of drug-likeness (QED) is 0.706. The summed E-state index contributed by atoms with van der Waals surface area (Å²) in [6.45, 7) is 1.03. The number of likely N-dealkylation sites (tertiary alicyclic amines) is 1. The number of amides is 1. The first kappa shape index (κ1) is 17.3. The van der Waals surface area contributed by atoms with Gasteiger partial charge in [0.15, 0.2) is 5.82 Å².